The largest absolute Gasteiger partial charge is 0.386 e. The van der Waals surface area contributed by atoms with Crippen molar-refractivity contribution in [3.8, 4) is 0 Å². The molecule has 1 atom stereocenters. The molecule has 1 aliphatic rings. The van der Waals surface area contributed by atoms with E-state index in [1.807, 2.05) is 30.3 Å². The minimum atomic E-state index is -1.06. The first-order valence-electron chi connectivity index (χ1n) is 6.99. The molecule has 0 unspecified atom stereocenters. The molecule has 0 aromatic heterocycles. The minimum Gasteiger partial charge on any atom is -0.386 e. The van der Waals surface area contributed by atoms with Crippen molar-refractivity contribution >= 4 is 11.8 Å². The van der Waals surface area contributed by atoms with Gasteiger partial charge in [-0.15, -0.1) is 0 Å². The van der Waals surface area contributed by atoms with E-state index in [1.54, 1.807) is 0 Å². The fourth-order valence-corrected chi connectivity index (χ4v) is 2.11. The van der Waals surface area contributed by atoms with Crippen LogP contribution in [0.2, 0.25) is 0 Å². The molecule has 0 radical (unpaired) electrons. The standard InChI is InChI=1S/C15H20N2O4/c18-13(16-8-6-12-4-2-1-3-5-12)14(19)17-10-15(20)7-9-21-11-15/h1-5,20H,6-11H2,(H,16,18)(H,17,19)/t15-/m1/s1. The summed E-state index contributed by atoms with van der Waals surface area (Å²) in [5.74, 6) is -1.42. The van der Waals surface area contributed by atoms with E-state index in [0.717, 1.165) is 5.56 Å². The van der Waals surface area contributed by atoms with E-state index in [-0.39, 0.29) is 13.2 Å². The number of rotatable bonds is 5. The van der Waals surface area contributed by atoms with Gasteiger partial charge in [-0.3, -0.25) is 9.59 Å². The van der Waals surface area contributed by atoms with Gasteiger partial charge in [-0.2, -0.15) is 0 Å². The highest BCUT2D eigenvalue weighted by Gasteiger charge is 2.33. The number of carbonyl (C=O) groups is 2. The Balaban J connectivity index is 1.67. The number of benzene rings is 1. The smallest absolute Gasteiger partial charge is 0.309 e. The molecule has 1 aliphatic heterocycles. The van der Waals surface area contributed by atoms with Crippen LogP contribution in [-0.2, 0) is 20.7 Å². The van der Waals surface area contributed by atoms with Crippen LogP contribution < -0.4 is 10.6 Å². The van der Waals surface area contributed by atoms with Gasteiger partial charge in [-0.1, -0.05) is 30.3 Å². The molecule has 6 heteroatoms. The highest BCUT2D eigenvalue weighted by atomic mass is 16.5. The summed E-state index contributed by atoms with van der Waals surface area (Å²) in [6, 6.07) is 9.69. The molecule has 2 rings (SSSR count). The summed E-state index contributed by atoms with van der Waals surface area (Å²) in [5, 5.41) is 15.0. The maximum atomic E-state index is 11.6. The average molecular weight is 292 g/mol. The van der Waals surface area contributed by atoms with Crippen LogP contribution >= 0.6 is 0 Å². The van der Waals surface area contributed by atoms with Gasteiger partial charge >= 0.3 is 11.8 Å². The van der Waals surface area contributed by atoms with Gasteiger partial charge in [-0.25, -0.2) is 0 Å². The van der Waals surface area contributed by atoms with E-state index >= 15 is 0 Å². The Morgan fingerprint density at radius 1 is 1.19 bits per heavy atom. The van der Waals surface area contributed by atoms with Gasteiger partial charge in [0.2, 0.25) is 0 Å². The Morgan fingerprint density at radius 3 is 2.57 bits per heavy atom. The Morgan fingerprint density at radius 2 is 1.90 bits per heavy atom. The lowest BCUT2D eigenvalue weighted by Gasteiger charge is -2.20. The molecule has 2 amide bonds. The number of hydrogen-bond donors (Lipinski definition) is 3. The minimum absolute atomic E-state index is 0.0257. The fourth-order valence-electron chi connectivity index (χ4n) is 2.11. The predicted octanol–water partition coefficient (Wildman–Crippen LogP) is -0.387. The van der Waals surface area contributed by atoms with Crippen LogP contribution in [0.4, 0.5) is 0 Å². The summed E-state index contributed by atoms with van der Waals surface area (Å²) >= 11 is 0. The van der Waals surface area contributed by atoms with Gasteiger partial charge in [0.05, 0.1) is 6.61 Å². The van der Waals surface area contributed by atoms with Crippen molar-refractivity contribution in [3.05, 3.63) is 35.9 Å². The van der Waals surface area contributed by atoms with Crippen LogP contribution in [0.1, 0.15) is 12.0 Å². The third-order valence-electron chi connectivity index (χ3n) is 3.41. The molecule has 1 saturated heterocycles. The molecule has 3 N–H and O–H groups in total. The second-order valence-electron chi connectivity index (χ2n) is 5.20. The number of aliphatic hydroxyl groups is 1. The van der Waals surface area contributed by atoms with E-state index in [9.17, 15) is 14.7 Å². The maximum Gasteiger partial charge on any atom is 0.309 e. The zero-order valence-electron chi connectivity index (χ0n) is 11.8. The molecule has 0 aliphatic carbocycles. The third-order valence-corrected chi connectivity index (χ3v) is 3.41. The predicted molar refractivity (Wildman–Crippen MR) is 76.6 cm³/mol. The third kappa shape index (κ3) is 4.84. The first-order valence-corrected chi connectivity index (χ1v) is 6.99. The monoisotopic (exact) mass is 292 g/mol. The Kier molecular flexibility index (Phi) is 5.30. The molecule has 1 fully saturated rings. The lowest BCUT2D eigenvalue weighted by molar-refractivity contribution is -0.139. The molecule has 0 bridgehead atoms. The van der Waals surface area contributed by atoms with Crippen molar-refractivity contribution in [3.63, 3.8) is 0 Å². The van der Waals surface area contributed by atoms with E-state index in [4.69, 9.17) is 4.74 Å². The zero-order chi connectivity index (χ0) is 15.1. The van der Waals surface area contributed by atoms with E-state index in [2.05, 4.69) is 10.6 Å². The lowest BCUT2D eigenvalue weighted by Crippen LogP contribution is -2.48. The van der Waals surface area contributed by atoms with Crippen LogP contribution in [0, 0.1) is 0 Å². The van der Waals surface area contributed by atoms with Crippen molar-refractivity contribution in [2.24, 2.45) is 0 Å². The normalized spacial score (nSPS) is 21.0. The van der Waals surface area contributed by atoms with Gasteiger partial charge in [0, 0.05) is 26.1 Å². The molecule has 114 valence electrons. The molecule has 1 aromatic carbocycles. The molecular weight excluding hydrogens is 272 g/mol. The summed E-state index contributed by atoms with van der Waals surface area (Å²) in [5.41, 5.74) is 0.0376. The number of ether oxygens (including phenoxy) is 1. The number of hydrogen-bond acceptors (Lipinski definition) is 4. The maximum absolute atomic E-state index is 11.6. The molecule has 21 heavy (non-hydrogen) atoms. The van der Waals surface area contributed by atoms with E-state index in [0.29, 0.717) is 26.0 Å². The lowest BCUT2D eigenvalue weighted by atomic mass is 10.0. The highest BCUT2D eigenvalue weighted by molar-refractivity contribution is 6.35. The Bertz CT molecular complexity index is 484. The van der Waals surface area contributed by atoms with Crippen molar-refractivity contribution in [2.75, 3.05) is 26.3 Å². The van der Waals surface area contributed by atoms with Crippen molar-refractivity contribution in [1.82, 2.24) is 10.6 Å². The zero-order valence-corrected chi connectivity index (χ0v) is 11.8. The number of carbonyl (C=O) groups excluding carboxylic acids is 2. The molecule has 0 spiro atoms. The van der Waals surface area contributed by atoms with Crippen LogP contribution in [-0.4, -0.2) is 48.8 Å². The van der Waals surface area contributed by atoms with Crippen LogP contribution in [0.25, 0.3) is 0 Å². The van der Waals surface area contributed by atoms with Gasteiger partial charge in [0.15, 0.2) is 0 Å². The second kappa shape index (κ2) is 7.19. The quantitative estimate of drug-likeness (QED) is 0.645. The molecule has 0 saturated carbocycles. The molecular formula is C15H20N2O4. The molecule has 6 nitrogen and oxygen atoms in total. The van der Waals surface area contributed by atoms with Gasteiger partial charge < -0.3 is 20.5 Å². The summed E-state index contributed by atoms with van der Waals surface area (Å²) < 4.78 is 5.06. The van der Waals surface area contributed by atoms with Gasteiger partial charge in [0.25, 0.3) is 0 Å². The second-order valence-corrected chi connectivity index (χ2v) is 5.20. The summed E-state index contributed by atoms with van der Waals surface area (Å²) in [4.78, 5) is 23.2. The van der Waals surface area contributed by atoms with E-state index < -0.39 is 17.4 Å². The average Bonchev–Trinajstić information content (AvgIpc) is 2.93. The van der Waals surface area contributed by atoms with Crippen molar-refractivity contribution in [2.45, 2.75) is 18.4 Å². The van der Waals surface area contributed by atoms with Gasteiger partial charge in [-0.05, 0) is 12.0 Å². The number of nitrogens with one attached hydrogen (secondary N) is 2. The fraction of sp³-hybridized carbons (Fsp3) is 0.467. The van der Waals surface area contributed by atoms with Crippen molar-refractivity contribution in [1.29, 1.82) is 0 Å². The topological polar surface area (TPSA) is 87.7 Å². The SMILES string of the molecule is O=C(NCCc1ccccc1)C(=O)NC[C@]1(O)CCOC1. The number of amides is 2. The van der Waals surface area contributed by atoms with Gasteiger partial charge in [0.1, 0.15) is 5.60 Å². The Hall–Kier alpha value is -1.92. The van der Waals surface area contributed by atoms with E-state index in [1.165, 1.54) is 0 Å². The Labute approximate surface area is 123 Å². The molecule has 1 aromatic rings. The summed E-state index contributed by atoms with van der Waals surface area (Å²) in [6.07, 6.45) is 1.13. The summed E-state index contributed by atoms with van der Waals surface area (Å²) in [6.45, 7) is 1.07. The summed E-state index contributed by atoms with van der Waals surface area (Å²) in [7, 11) is 0. The van der Waals surface area contributed by atoms with Crippen LogP contribution in [0.15, 0.2) is 30.3 Å². The first kappa shape index (κ1) is 15.5. The molecule has 1 heterocycles. The first-order chi connectivity index (χ1) is 10.1. The highest BCUT2D eigenvalue weighted by Crippen LogP contribution is 2.16. The van der Waals surface area contributed by atoms with Crippen molar-refractivity contribution < 1.29 is 19.4 Å². The van der Waals surface area contributed by atoms with Crippen LogP contribution in [0.3, 0.4) is 0 Å². The van der Waals surface area contributed by atoms with Crippen LogP contribution in [0.5, 0.6) is 0 Å².